The summed E-state index contributed by atoms with van der Waals surface area (Å²) >= 11 is 1.86. The summed E-state index contributed by atoms with van der Waals surface area (Å²) in [6.07, 6.45) is 0. The highest BCUT2D eigenvalue weighted by Gasteiger charge is 2.21. The zero-order valence-corrected chi connectivity index (χ0v) is 27.1. The number of hydrogen-bond donors (Lipinski definition) is 0. The van der Waals surface area contributed by atoms with E-state index >= 15 is 0 Å². The third kappa shape index (κ3) is 5.04. The first-order chi connectivity index (χ1) is 23.8. The summed E-state index contributed by atoms with van der Waals surface area (Å²) in [5.74, 6) is 0. The van der Waals surface area contributed by atoms with Crippen molar-refractivity contribution in [1.29, 1.82) is 0 Å². The highest BCUT2D eigenvalue weighted by molar-refractivity contribution is 7.25. The zero-order valence-electron chi connectivity index (χ0n) is 26.3. The van der Waals surface area contributed by atoms with Gasteiger partial charge in [-0.15, -0.1) is 11.3 Å². The largest absolute Gasteiger partial charge is 0.309 e. The minimum Gasteiger partial charge on any atom is -0.309 e. The molecule has 0 radical (unpaired) electrons. The molecule has 0 fully saturated rings. The molecule has 0 unspecified atom stereocenters. The summed E-state index contributed by atoms with van der Waals surface area (Å²) in [5, 5.41) is 5.12. The van der Waals surface area contributed by atoms with Gasteiger partial charge in [-0.2, -0.15) is 0 Å². The molecule has 0 saturated carbocycles. The van der Waals surface area contributed by atoms with Gasteiger partial charge in [0.25, 0.3) is 0 Å². The zero-order chi connectivity index (χ0) is 31.9. The molecule has 0 bridgehead atoms. The summed E-state index contributed by atoms with van der Waals surface area (Å²) < 4.78 is 2.64. The van der Waals surface area contributed by atoms with Crippen LogP contribution in [0.15, 0.2) is 188 Å². The molecule has 9 rings (SSSR count). The lowest BCUT2D eigenvalue weighted by molar-refractivity contribution is 1.28. The number of fused-ring (bicyclic) bond motifs is 4. The fourth-order valence-corrected chi connectivity index (χ4v) is 8.00. The summed E-state index contributed by atoms with van der Waals surface area (Å²) in [4.78, 5) is 2.43. The van der Waals surface area contributed by atoms with Crippen LogP contribution >= 0.6 is 11.3 Å². The molecule has 0 aliphatic carbocycles. The first kappa shape index (κ1) is 28.3. The standard InChI is InChI=1S/C46H31NS/c1-2-13-34(14-3-1)39-16-6-9-19-43(39)47(38-27-24-33(25-28-38)36-23-22-32-12-4-5-15-35(32)30-36)44-20-10-7-17-40(44)37-26-29-46-42(31-37)41-18-8-11-21-45(41)48-46/h1-31H. The van der Waals surface area contributed by atoms with Gasteiger partial charge in [0.2, 0.25) is 0 Å². The van der Waals surface area contributed by atoms with Gasteiger partial charge in [-0.1, -0.05) is 140 Å². The lowest BCUT2D eigenvalue weighted by Crippen LogP contribution is -2.12. The second-order valence-electron chi connectivity index (χ2n) is 12.2. The smallest absolute Gasteiger partial charge is 0.0540 e. The number of thiophene rings is 1. The van der Waals surface area contributed by atoms with Crippen LogP contribution in [0.1, 0.15) is 0 Å². The van der Waals surface area contributed by atoms with E-state index in [1.807, 2.05) is 11.3 Å². The molecule has 0 atom stereocenters. The monoisotopic (exact) mass is 629 g/mol. The Labute approximate surface area is 284 Å². The van der Waals surface area contributed by atoms with Gasteiger partial charge in [0.1, 0.15) is 0 Å². The first-order valence-corrected chi connectivity index (χ1v) is 17.2. The lowest BCUT2D eigenvalue weighted by Gasteiger charge is -2.30. The molecule has 2 heteroatoms. The molecule has 0 aliphatic rings. The van der Waals surface area contributed by atoms with Crippen molar-refractivity contribution in [2.45, 2.75) is 0 Å². The van der Waals surface area contributed by atoms with E-state index in [0.717, 1.165) is 17.1 Å². The van der Waals surface area contributed by atoms with Crippen LogP contribution in [0.3, 0.4) is 0 Å². The number of rotatable bonds is 6. The second-order valence-corrected chi connectivity index (χ2v) is 13.2. The van der Waals surface area contributed by atoms with Crippen LogP contribution in [0.2, 0.25) is 0 Å². The molecular formula is C46H31NS. The average Bonchev–Trinajstić information content (AvgIpc) is 3.54. The molecule has 0 aliphatic heterocycles. The van der Waals surface area contributed by atoms with Crippen LogP contribution in [-0.4, -0.2) is 0 Å². The van der Waals surface area contributed by atoms with Gasteiger partial charge < -0.3 is 4.90 Å². The Bertz CT molecular complexity index is 2560. The molecular weight excluding hydrogens is 599 g/mol. The van der Waals surface area contributed by atoms with E-state index in [-0.39, 0.29) is 0 Å². The molecule has 1 heterocycles. The van der Waals surface area contributed by atoms with Crippen molar-refractivity contribution in [3.05, 3.63) is 188 Å². The van der Waals surface area contributed by atoms with E-state index < -0.39 is 0 Å². The first-order valence-electron chi connectivity index (χ1n) is 16.3. The Hall–Kier alpha value is -5.96. The third-order valence-electron chi connectivity index (χ3n) is 9.27. The van der Waals surface area contributed by atoms with Gasteiger partial charge in [0, 0.05) is 37.0 Å². The van der Waals surface area contributed by atoms with Gasteiger partial charge in [0.15, 0.2) is 0 Å². The molecule has 48 heavy (non-hydrogen) atoms. The molecule has 0 N–H and O–H groups in total. The summed E-state index contributed by atoms with van der Waals surface area (Å²) in [6.45, 7) is 0. The Morgan fingerprint density at radius 1 is 0.333 bits per heavy atom. The SMILES string of the molecule is c1ccc(-c2ccccc2N(c2ccc(-c3ccc4ccccc4c3)cc2)c2ccccc2-c2ccc3sc4ccccc4c3c2)cc1. The van der Waals surface area contributed by atoms with E-state index in [2.05, 4.69) is 193 Å². The van der Waals surface area contributed by atoms with Crippen molar-refractivity contribution < 1.29 is 0 Å². The maximum Gasteiger partial charge on any atom is 0.0540 e. The van der Waals surface area contributed by atoms with Gasteiger partial charge in [-0.25, -0.2) is 0 Å². The normalized spacial score (nSPS) is 11.3. The maximum atomic E-state index is 2.43. The summed E-state index contributed by atoms with van der Waals surface area (Å²) in [7, 11) is 0. The van der Waals surface area contributed by atoms with Crippen molar-refractivity contribution in [3.63, 3.8) is 0 Å². The van der Waals surface area contributed by atoms with E-state index in [1.54, 1.807) is 0 Å². The molecule has 9 aromatic rings. The van der Waals surface area contributed by atoms with Crippen LogP contribution in [0.4, 0.5) is 17.1 Å². The van der Waals surface area contributed by atoms with E-state index in [4.69, 9.17) is 0 Å². The van der Waals surface area contributed by atoms with Crippen molar-refractivity contribution >= 4 is 59.3 Å². The van der Waals surface area contributed by atoms with Crippen molar-refractivity contribution in [3.8, 4) is 33.4 Å². The Morgan fingerprint density at radius 3 is 1.71 bits per heavy atom. The number of para-hydroxylation sites is 2. The number of anilines is 3. The summed E-state index contributed by atoms with van der Waals surface area (Å²) in [6, 6.07) is 68.2. The van der Waals surface area contributed by atoms with Crippen molar-refractivity contribution in [1.82, 2.24) is 0 Å². The van der Waals surface area contributed by atoms with Gasteiger partial charge in [0.05, 0.1) is 11.4 Å². The van der Waals surface area contributed by atoms with E-state index in [9.17, 15) is 0 Å². The predicted octanol–water partition coefficient (Wildman–Crippen LogP) is 13.7. The Morgan fingerprint density at radius 2 is 0.917 bits per heavy atom. The van der Waals surface area contributed by atoms with Crippen LogP contribution in [0.5, 0.6) is 0 Å². The maximum absolute atomic E-state index is 2.43. The van der Waals surface area contributed by atoms with E-state index in [0.29, 0.717) is 0 Å². The second kappa shape index (κ2) is 12.0. The van der Waals surface area contributed by atoms with Crippen LogP contribution in [0, 0.1) is 0 Å². The number of nitrogens with zero attached hydrogens (tertiary/aromatic N) is 1. The average molecular weight is 630 g/mol. The fraction of sp³-hybridized carbons (Fsp3) is 0. The van der Waals surface area contributed by atoms with Crippen molar-refractivity contribution in [2.75, 3.05) is 4.90 Å². The summed E-state index contributed by atoms with van der Waals surface area (Å²) in [5.41, 5.74) is 10.6. The molecule has 1 nitrogen and oxygen atoms in total. The van der Waals surface area contributed by atoms with Crippen molar-refractivity contribution in [2.24, 2.45) is 0 Å². The molecule has 0 spiro atoms. The number of benzene rings is 8. The highest BCUT2D eigenvalue weighted by Crippen LogP contribution is 2.46. The molecule has 0 saturated heterocycles. The van der Waals surface area contributed by atoms with Gasteiger partial charge in [-0.05, 0) is 81.6 Å². The highest BCUT2D eigenvalue weighted by atomic mass is 32.1. The molecule has 0 amide bonds. The quantitative estimate of drug-likeness (QED) is 0.177. The lowest BCUT2D eigenvalue weighted by atomic mass is 9.97. The minimum absolute atomic E-state index is 1.11. The van der Waals surface area contributed by atoms with E-state index in [1.165, 1.54) is 64.3 Å². The third-order valence-corrected chi connectivity index (χ3v) is 10.4. The molecule has 226 valence electrons. The Kier molecular flexibility index (Phi) is 7.07. The Balaban J connectivity index is 1.22. The molecule has 8 aromatic carbocycles. The van der Waals surface area contributed by atoms with Gasteiger partial charge >= 0.3 is 0 Å². The van der Waals surface area contributed by atoms with Crippen LogP contribution in [-0.2, 0) is 0 Å². The van der Waals surface area contributed by atoms with Crippen LogP contribution < -0.4 is 4.90 Å². The number of hydrogen-bond acceptors (Lipinski definition) is 2. The van der Waals surface area contributed by atoms with Crippen LogP contribution in [0.25, 0.3) is 64.3 Å². The minimum atomic E-state index is 1.11. The fourth-order valence-electron chi connectivity index (χ4n) is 6.92. The predicted molar refractivity (Wildman–Crippen MR) is 208 cm³/mol. The topological polar surface area (TPSA) is 3.24 Å². The molecule has 1 aromatic heterocycles. The van der Waals surface area contributed by atoms with Gasteiger partial charge in [-0.3, -0.25) is 0 Å².